The van der Waals surface area contributed by atoms with Crippen LogP contribution >= 0.6 is 0 Å². The Hall–Kier alpha value is -3.25. The minimum atomic E-state index is -1.54. The van der Waals surface area contributed by atoms with Crippen LogP contribution in [0.4, 0.5) is 0 Å². The molecule has 1 amide bonds. The lowest BCUT2D eigenvalue weighted by atomic mass is 9.91. The molecule has 2 aliphatic heterocycles. The van der Waals surface area contributed by atoms with E-state index in [4.69, 9.17) is 28.4 Å². The van der Waals surface area contributed by atoms with Crippen molar-refractivity contribution >= 4 is 23.9 Å². The Morgan fingerprint density at radius 1 is 0.948 bits per heavy atom. The predicted octanol–water partition coefficient (Wildman–Crippen LogP) is 3.61. The summed E-state index contributed by atoms with van der Waals surface area (Å²) >= 11 is 0. The zero-order valence-corrected chi connectivity index (χ0v) is 34.5. The minimum absolute atomic E-state index is 0.00621. The number of carbonyl (C=O) groups excluding carboxylic acids is 3. The maximum Gasteiger partial charge on any atom is 0.338 e. The van der Waals surface area contributed by atoms with Crippen LogP contribution in [0.15, 0.2) is 42.0 Å². The average molecular weight is 820 g/mol. The summed E-state index contributed by atoms with van der Waals surface area (Å²) < 4.78 is 35.8. The van der Waals surface area contributed by atoms with Crippen molar-refractivity contribution in [3.63, 3.8) is 0 Å². The van der Waals surface area contributed by atoms with Crippen molar-refractivity contribution in [2.24, 2.45) is 0 Å². The van der Waals surface area contributed by atoms with E-state index in [1.807, 2.05) is 0 Å². The molecule has 9 atom stereocenters. The molecule has 0 spiro atoms. The highest BCUT2D eigenvalue weighted by Crippen LogP contribution is 2.43. The van der Waals surface area contributed by atoms with Crippen molar-refractivity contribution in [3.05, 3.63) is 53.1 Å². The van der Waals surface area contributed by atoms with Gasteiger partial charge in [-0.05, 0) is 63.8 Å². The summed E-state index contributed by atoms with van der Waals surface area (Å²) in [6.07, 6.45) is 3.39. The van der Waals surface area contributed by atoms with E-state index in [0.29, 0.717) is 18.4 Å². The lowest BCUT2D eigenvalue weighted by Gasteiger charge is -2.39. The van der Waals surface area contributed by atoms with Gasteiger partial charge in [0.1, 0.15) is 48.3 Å². The monoisotopic (exact) mass is 819 g/mol. The molecule has 58 heavy (non-hydrogen) atoms. The number of esters is 2. The maximum atomic E-state index is 13.7. The van der Waals surface area contributed by atoms with E-state index in [0.717, 1.165) is 44.1 Å². The quantitative estimate of drug-likeness (QED) is 0.0772. The van der Waals surface area contributed by atoms with Gasteiger partial charge in [0.25, 0.3) is 0 Å². The van der Waals surface area contributed by atoms with Gasteiger partial charge in [0, 0.05) is 31.3 Å². The molecule has 1 aromatic carbocycles. The Balaban J connectivity index is 1.45. The molecule has 0 unspecified atom stereocenters. The molecule has 3 aliphatic rings. The molecule has 0 radical (unpaired) electrons. The first-order valence-electron chi connectivity index (χ1n) is 20.7. The van der Waals surface area contributed by atoms with E-state index >= 15 is 0 Å². The van der Waals surface area contributed by atoms with Crippen LogP contribution in [0, 0.1) is 0 Å². The number of aliphatic hydroxyl groups is 5. The summed E-state index contributed by atoms with van der Waals surface area (Å²) in [5, 5.41) is 52.4. The van der Waals surface area contributed by atoms with Crippen LogP contribution in [-0.2, 0) is 38.0 Å². The van der Waals surface area contributed by atoms with Gasteiger partial charge in [0.05, 0.1) is 31.4 Å². The molecule has 1 aliphatic carbocycles. The van der Waals surface area contributed by atoms with E-state index in [9.17, 15) is 39.9 Å². The van der Waals surface area contributed by atoms with E-state index in [1.165, 1.54) is 0 Å². The van der Waals surface area contributed by atoms with Crippen molar-refractivity contribution in [2.45, 2.75) is 172 Å². The Bertz CT molecular complexity index is 1510. The lowest BCUT2D eigenvalue weighted by Crippen LogP contribution is -2.59. The van der Waals surface area contributed by atoms with Crippen molar-refractivity contribution in [1.29, 1.82) is 0 Å². The highest BCUT2D eigenvalue weighted by Gasteiger charge is 2.52. The van der Waals surface area contributed by atoms with Gasteiger partial charge in [-0.2, -0.15) is 0 Å². The average Bonchev–Trinajstić information content (AvgIpc) is 3.56. The fourth-order valence-corrected chi connectivity index (χ4v) is 7.25. The van der Waals surface area contributed by atoms with Gasteiger partial charge in [0.15, 0.2) is 12.1 Å². The Labute approximate surface area is 341 Å². The van der Waals surface area contributed by atoms with E-state index < -0.39 is 90.9 Å². The molecule has 326 valence electrons. The van der Waals surface area contributed by atoms with Crippen LogP contribution in [0.3, 0.4) is 0 Å². The number of carbonyl (C=O) groups is 3. The number of unbranched alkanes of at least 4 members (excludes halogenated alkanes) is 4. The van der Waals surface area contributed by atoms with Crippen molar-refractivity contribution in [3.8, 4) is 0 Å². The number of aliphatic hydroxyl groups excluding tert-OH is 5. The molecular weight excluding hydrogens is 754 g/mol. The number of amides is 1. The Kier molecular flexibility index (Phi) is 18.3. The molecule has 6 N–H and O–H groups in total. The standard InChI is InChI=1S/C43H65NO14/c1-6-8-10-20-43(21-11-9-7-2)56-32-24-29(39(51)44-30(25-45)18-19-34(47)57-42(3,4)5)23-31(38(32)58-43)54-40(52)28-16-14-27(15-17-28)13-12-22-53-41-37(50)36(49)35(48)33(26-46)55-41/h12-17,24,30-33,35-38,41,45-46,48-50H,6-11,18-23,25-26H2,1-5H3,(H,44,51)/t30-,31+,32+,33+,35-,36-,37+,38-,41-/m0/s1. The molecule has 0 saturated carbocycles. The number of ether oxygens (including phenoxy) is 6. The van der Waals surface area contributed by atoms with Crippen LogP contribution in [0.5, 0.6) is 0 Å². The van der Waals surface area contributed by atoms with Crippen LogP contribution in [0.25, 0.3) is 6.08 Å². The normalized spacial score (nSPS) is 27.4. The fourth-order valence-electron chi connectivity index (χ4n) is 7.25. The number of rotatable bonds is 21. The van der Waals surface area contributed by atoms with Gasteiger partial charge in [-0.3, -0.25) is 9.59 Å². The Morgan fingerprint density at radius 3 is 2.22 bits per heavy atom. The highest BCUT2D eigenvalue weighted by atomic mass is 16.8. The number of benzene rings is 1. The van der Waals surface area contributed by atoms with E-state index in [-0.39, 0.29) is 38.0 Å². The van der Waals surface area contributed by atoms with Crippen molar-refractivity contribution in [1.82, 2.24) is 5.32 Å². The van der Waals surface area contributed by atoms with E-state index in [1.54, 1.807) is 63.3 Å². The second kappa shape index (κ2) is 22.4. The highest BCUT2D eigenvalue weighted by molar-refractivity contribution is 5.94. The topological polar surface area (TPSA) is 220 Å². The molecule has 15 nitrogen and oxygen atoms in total. The van der Waals surface area contributed by atoms with Crippen LogP contribution in [0.2, 0.25) is 0 Å². The summed E-state index contributed by atoms with van der Waals surface area (Å²) in [5.74, 6) is -2.41. The zero-order valence-electron chi connectivity index (χ0n) is 34.5. The first-order valence-corrected chi connectivity index (χ1v) is 20.7. The summed E-state index contributed by atoms with van der Waals surface area (Å²) in [5.41, 5.74) is 0.650. The molecule has 1 aromatic rings. The summed E-state index contributed by atoms with van der Waals surface area (Å²) in [6, 6.07) is 5.91. The predicted molar refractivity (Wildman–Crippen MR) is 212 cm³/mol. The first-order chi connectivity index (χ1) is 27.6. The molecule has 4 rings (SSSR count). The smallest absolute Gasteiger partial charge is 0.338 e. The molecule has 15 heteroatoms. The third-order valence-corrected chi connectivity index (χ3v) is 10.4. The third kappa shape index (κ3) is 13.6. The van der Waals surface area contributed by atoms with Crippen molar-refractivity contribution < 1.29 is 68.3 Å². The second-order valence-electron chi connectivity index (χ2n) is 16.4. The SMILES string of the molecule is CCCCCC1(CCCCC)O[C@@H]2[C@@H](C=C(C(=O)N[C@H](CO)CCC(=O)OC(C)(C)C)C[C@H]2OC(=O)c2ccc(C=CCO[C@H]3O[C@H](CO)[C@H](O)[C@H](O)[C@H]3O)cc2)O1. The molecule has 0 aromatic heterocycles. The fraction of sp³-hybridized carbons (Fsp3) is 0.698. The summed E-state index contributed by atoms with van der Waals surface area (Å²) in [4.78, 5) is 39.7. The Morgan fingerprint density at radius 2 is 1.62 bits per heavy atom. The van der Waals surface area contributed by atoms with Crippen LogP contribution in [-0.4, -0.2) is 130 Å². The van der Waals surface area contributed by atoms with Gasteiger partial charge < -0.3 is 59.3 Å². The lowest BCUT2D eigenvalue weighted by molar-refractivity contribution is -0.298. The molecule has 0 bridgehead atoms. The second-order valence-corrected chi connectivity index (χ2v) is 16.4. The molecule has 2 saturated heterocycles. The van der Waals surface area contributed by atoms with Gasteiger partial charge >= 0.3 is 11.9 Å². The number of fused-ring (bicyclic) bond motifs is 1. The molecular formula is C43H65NO14. The van der Waals surface area contributed by atoms with Crippen LogP contribution in [0.1, 0.15) is 121 Å². The number of hydrogen-bond donors (Lipinski definition) is 6. The van der Waals surface area contributed by atoms with E-state index in [2.05, 4.69) is 19.2 Å². The summed E-state index contributed by atoms with van der Waals surface area (Å²) in [6.45, 7) is 8.58. The molecule has 2 fully saturated rings. The number of nitrogens with one attached hydrogen (secondary N) is 1. The van der Waals surface area contributed by atoms with Gasteiger partial charge in [-0.25, -0.2) is 4.79 Å². The van der Waals surface area contributed by atoms with Crippen LogP contribution < -0.4 is 5.32 Å². The zero-order chi connectivity index (χ0) is 42.5. The van der Waals surface area contributed by atoms with Gasteiger partial charge in [0.2, 0.25) is 5.91 Å². The van der Waals surface area contributed by atoms with Gasteiger partial charge in [-0.15, -0.1) is 0 Å². The summed E-state index contributed by atoms with van der Waals surface area (Å²) in [7, 11) is 0. The first kappa shape index (κ1) is 47.4. The minimum Gasteiger partial charge on any atom is -0.460 e. The van der Waals surface area contributed by atoms with Crippen molar-refractivity contribution in [2.75, 3.05) is 19.8 Å². The maximum absolute atomic E-state index is 13.7. The molecule has 2 heterocycles. The van der Waals surface area contributed by atoms with Gasteiger partial charge in [-0.1, -0.05) is 63.8 Å². The third-order valence-electron chi connectivity index (χ3n) is 10.4. The largest absolute Gasteiger partial charge is 0.460 e. The number of hydrogen-bond acceptors (Lipinski definition) is 14.